The van der Waals surface area contributed by atoms with Crippen LogP contribution in [0, 0.1) is 19.7 Å². The van der Waals surface area contributed by atoms with Crippen molar-refractivity contribution in [3.63, 3.8) is 0 Å². The smallest absolute Gasteiger partial charge is 0.269 e. The van der Waals surface area contributed by atoms with Crippen LogP contribution in [0.1, 0.15) is 21.5 Å². The fraction of sp³-hybridized carbons (Fsp3) is 0.176. The second kappa shape index (κ2) is 7.78. The Kier molecular flexibility index (Phi) is 5.76. The van der Waals surface area contributed by atoms with Crippen LogP contribution in [-0.4, -0.2) is 17.6 Å². The Morgan fingerprint density at radius 2 is 1.74 bits per heavy atom. The normalized spacial score (nSPS) is 10.2. The Balaban J connectivity index is 1.82. The minimum atomic E-state index is -0.491. The molecule has 0 unspecified atom stereocenters. The molecule has 2 amide bonds. The zero-order chi connectivity index (χ0) is 16.8. The number of hydrogen-bond donors (Lipinski definition) is 2. The number of hydrazine groups is 1. The molecule has 0 aliphatic carbocycles. The van der Waals surface area contributed by atoms with Crippen LogP contribution >= 0.6 is 11.8 Å². The molecular weight excluding hydrogens is 315 g/mol. The van der Waals surface area contributed by atoms with Crippen molar-refractivity contribution >= 4 is 23.6 Å². The van der Waals surface area contributed by atoms with Crippen molar-refractivity contribution in [3.8, 4) is 0 Å². The highest BCUT2D eigenvalue weighted by Gasteiger charge is 2.08. The summed E-state index contributed by atoms with van der Waals surface area (Å²) in [5.41, 5.74) is 7.15. The van der Waals surface area contributed by atoms with Crippen molar-refractivity contribution < 1.29 is 14.0 Å². The molecule has 0 radical (unpaired) electrons. The number of aryl methyl sites for hydroxylation is 2. The lowest BCUT2D eigenvalue weighted by atomic mass is 10.2. The summed E-state index contributed by atoms with van der Waals surface area (Å²) in [7, 11) is 0. The van der Waals surface area contributed by atoms with E-state index in [0.717, 1.165) is 16.0 Å². The maximum atomic E-state index is 12.8. The first-order valence-corrected chi connectivity index (χ1v) is 7.99. The molecule has 0 saturated heterocycles. The van der Waals surface area contributed by atoms with Gasteiger partial charge in [0.15, 0.2) is 0 Å². The number of benzene rings is 2. The molecule has 0 saturated carbocycles. The van der Waals surface area contributed by atoms with Gasteiger partial charge in [0.1, 0.15) is 5.82 Å². The average Bonchev–Trinajstić information content (AvgIpc) is 2.54. The van der Waals surface area contributed by atoms with Crippen molar-refractivity contribution in [2.24, 2.45) is 0 Å². The number of halogens is 1. The van der Waals surface area contributed by atoms with E-state index >= 15 is 0 Å². The van der Waals surface area contributed by atoms with Gasteiger partial charge < -0.3 is 0 Å². The summed E-state index contributed by atoms with van der Waals surface area (Å²) in [5, 5.41) is 0. The van der Waals surface area contributed by atoms with Crippen LogP contribution in [0.5, 0.6) is 0 Å². The predicted molar refractivity (Wildman–Crippen MR) is 88.6 cm³/mol. The molecule has 2 rings (SSSR count). The second-order valence-electron chi connectivity index (χ2n) is 5.07. The van der Waals surface area contributed by atoms with E-state index in [9.17, 15) is 14.0 Å². The molecule has 0 fully saturated rings. The highest BCUT2D eigenvalue weighted by atomic mass is 32.2. The summed E-state index contributed by atoms with van der Waals surface area (Å²) in [4.78, 5) is 24.6. The van der Waals surface area contributed by atoms with E-state index in [0.29, 0.717) is 0 Å². The first-order valence-electron chi connectivity index (χ1n) is 7.00. The van der Waals surface area contributed by atoms with Gasteiger partial charge in [0.05, 0.1) is 5.75 Å². The highest BCUT2D eigenvalue weighted by Crippen LogP contribution is 2.23. The third-order valence-corrected chi connectivity index (χ3v) is 4.28. The van der Waals surface area contributed by atoms with Gasteiger partial charge in [-0.05, 0) is 49.7 Å². The maximum Gasteiger partial charge on any atom is 0.269 e. The Morgan fingerprint density at radius 3 is 2.43 bits per heavy atom. The third-order valence-electron chi connectivity index (χ3n) is 3.12. The van der Waals surface area contributed by atoms with E-state index in [1.165, 1.54) is 36.0 Å². The average molecular weight is 332 g/mol. The molecule has 2 N–H and O–H groups in total. The Bertz CT molecular complexity index is 717. The van der Waals surface area contributed by atoms with Crippen LogP contribution in [-0.2, 0) is 4.79 Å². The number of hydrogen-bond acceptors (Lipinski definition) is 3. The van der Waals surface area contributed by atoms with Crippen LogP contribution in [0.4, 0.5) is 4.39 Å². The van der Waals surface area contributed by atoms with Gasteiger partial charge in [-0.25, -0.2) is 4.39 Å². The fourth-order valence-electron chi connectivity index (χ4n) is 1.84. The van der Waals surface area contributed by atoms with E-state index in [4.69, 9.17) is 0 Å². The first kappa shape index (κ1) is 17.0. The van der Waals surface area contributed by atoms with E-state index in [-0.39, 0.29) is 17.2 Å². The lowest BCUT2D eigenvalue weighted by Crippen LogP contribution is -2.42. The lowest BCUT2D eigenvalue weighted by molar-refractivity contribution is -0.119. The molecular formula is C17H17FN2O2S. The summed E-state index contributed by atoms with van der Waals surface area (Å²) in [6.45, 7) is 3.97. The van der Waals surface area contributed by atoms with Crippen LogP contribution in [0.25, 0.3) is 0 Å². The molecule has 0 heterocycles. The van der Waals surface area contributed by atoms with Crippen LogP contribution in [0.2, 0.25) is 0 Å². The quantitative estimate of drug-likeness (QED) is 0.668. The Hall–Kier alpha value is -2.34. The van der Waals surface area contributed by atoms with Gasteiger partial charge in [0.25, 0.3) is 5.91 Å². The summed E-state index contributed by atoms with van der Waals surface area (Å²) >= 11 is 1.41. The Labute approximate surface area is 138 Å². The van der Waals surface area contributed by atoms with Gasteiger partial charge in [-0.3, -0.25) is 20.4 Å². The molecule has 0 bridgehead atoms. The topological polar surface area (TPSA) is 58.2 Å². The van der Waals surface area contributed by atoms with E-state index in [1.54, 1.807) is 0 Å². The summed E-state index contributed by atoms with van der Waals surface area (Å²) in [6.07, 6.45) is 0. The fourth-order valence-corrected chi connectivity index (χ4v) is 2.77. The summed E-state index contributed by atoms with van der Waals surface area (Å²) < 4.78 is 12.8. The number of thioether (sulfide) groups is 1. The van der Waals surface area contributed by atoms with Gasteiger partial charge in [0, 0.05) is 10.5 Å². The number of nitrogens with one attached hydrogen (secondary N) is 2. The van der Waals surface area contributed by atoms with Crippen molar-refractivity contribution in [3.05, 3.63) is 65.0 Å². The largest absolute Gasteiger partial charge is 0.272 e. The maximum absolute atomic E-state index is 12.8. The molecule has 0 spiro atoms. The van der Waals surface area contributed by atoms with E-state index < -0.39 is 11.7 Å². The minimum absolute atomic E-state index is 0.188. The highest BCUT2D eigenvalue weighted by molar-refractivity contribution is 8.00. The van der Waals surface area contributed by atoms with Gasteiger partial charge in [0.2, 0.25) is 5.91 Å². The molecule has 4 nitrogen and oxygen atoms in total. The third kappa shape index (κ3) is 5.10. The Morgan fingerprint density at radius 1 is 1.04 bits per heavy atom. The first-order chi connectivity index (χ1) is 11.0. The number of rotatable bonds is 4. The van der Waals surface area contributed by atoms with E-state index in [1.807, 2.05) is 32.0 Å². The zero-order valence-electron chi connectivity index (χ0n) is 12.9. The van der Waals surface area contributed by atoms with Gasteiger partial charge in [-0.15, -0.1) is 11.8 Å². The van der Waals surface area contributed by atoms with Crippen molar-refractivity contribution in [2.75, 3.05) is 5.75 Å². The number of amides is 2. The van der Waals surface area contributed by atoms with Crippen LogP contribution < -0.4 is 10.9 Å². The van der Waals surface area contributed by atoms with Crippen LogP contribution in [0.15, 0.2) is 47.4 Å². The van der Waals surface area contributed by atoms with Gasteiger partial charge in [-0.1, -0.05) is 17.7 Å². The van der Waals surface area contributed by atoms with Crippen molar-refractivity contribution in [1.82, 2.24) is 10.9 Å². The second-order valence-corrected chi connectivity index (χ2v) is 6.08. The number of carbonyl (C=O) groups is 2. The molecule has 0 aliphatic heterocycles. The molecule has 0 aromatic heterocycles. The molecule has 2 aromatic carbocycles. The molecule has 120 valence electrons. The van der Waals surface area contributed by atoms with Crippen LogP contribution in [0.3, 0.4) is 0 Å². The molecule has 0 atom stereocenters. The SMILES string of the molecule is Cc1ccc(C)c(SCC(=O)NNC(=O)c2ccc(F)cc2)c1. The minimum Gasteiger partial charge on any atom is -0.272 e. The molecule has 6 heteroatoms. The molecule has 23 heavy (non-hydrogen) atoms. The van der Waals surface area contributed by atoms with Crippen molar-refractivity contribution in [2.45, 2.75) is 18.7 Å². The lowest BCUT2D eigenvalue weighted by Gasteiger charge is -2.09. The predicted octanol–water partition coefficient (Wildman–Crippen LogP) is 3.00. The monoisotopic (exact) mass is 332 g/mol. The van der Waals surface area contributed by atoms with Crippen molar-refractivity contribution in [1.29, 1.82) is 0 Å². The number of carbonyl (C=O) groups excluding carboxylic acids is 2. The van der Waals surface area contributed by atoms with Gasteiger partial charge >= 0.3 is 0 Å². The van der Waals surface area contributed by atoms with Gasteiger partial charge in [-0.2, -0.15) is 0 Å². The van der Waals surface area contributed by atoms with E-state index in [2.05, 4.69) is 10.9 Å². The molecule has 0 aliphatic rings. The summed E-state index contributed by atoms with van der Waals surface area (Å²) in [6, 6.07) is 11.1. The standard InChI is InChI=1S/C17H17FN2O2S/c1-11-3-4-12(2)15(9-11)23-10-16(21)19-20-17(22)13-5-7-14(18)8-6-13/h3-9H,10H2,1-2H3,(H,19,21)(H,20,22). The summed E-state index contributed by atoms with van der Waals surface area (Å²) in [5.74, 6) is -1.04. The molecule has 2 aromatic rings. The zero-order valence-corrected chi connectivity index (χ0v) is 13.7.